The maximum absolute atomic E-state index is 13.0. The van der Waals surface area contributed by atoms with Crippen molar-refractivity contribution in [3.8, 4) is 28.5 Å². The van der Waals surface area contributed by atoms with Crippen LogP contribution in [-0.4, -0.2) is 18.0 Å². The van der Waals surface area contributed by atoms with Crippen LogP contribution in [0, 0.1) is 0 Å². The van der Waals surface area contributed by atoms with Gasteiger partial charge in [-0.25, -0.2) is 4.98 Å². The molecule has 0 bridgehead atoms. The third kappa shape index (κ3) is 4.07. The fraction of sp³-hybridized carbons (Fsp3) is 0.0435. The lowest BCUT2D eigenvalue weighted by atomic mass is 10.1. The van der Waals surface area contributed by atoms with E-state index in [2.05, 4.69) is 26.2 Å². The Morgan fingerprint density at radius 1 is 1.03 bits per heavy atom. The Balaban J connectivity index is 1.66. The number of carbonyl (C=O) groups is 1. The number of carbonyl (C=O) groups excluding carboxylic acids is 1. The summed E-state index contributed by atoms with van der Waals surface area (Å²) >= 11 is 3.46. The van der Waals surface area contributed by atoms with Crippen molar-refractivity contribution in [1.82, 2.24) is 4.98 Å². The molecule has 0 aliphatic carbocycles. The van der Waals surface area contributed by atoms with Crippen LogP contribution in [0.3, 0.4) is 0 Å². The first-order valence-electron chi connectivity index (χ1n) is 8.91. The van der Waals surface area contributed by atoms with Crippen LogP contribution in [0.4, 0.5) is 5.69 Å². The highest BCUT2D eigenvalue weighted by atomic mass is 79.9. The van der Waals surface area contributed by atoms with Gasteiger partial charge >= 0.3 is 0 Å². The monoisotopic (exact) mass is 448 g/mol. The molecule has 1 heterocycles. The third-order valence-electron chi connectivity index (χ3n) is 4.37. The number of nitrogens with one attached hydrogen (secondary N) is 1. The van der Waals surface area contributed by atoms with E-state index in [-0.39, 0.29) is 5.91 Å². The number of hydrogen-bond donors (Lipinski definition) is 1. The van der Waals surface area contributed by atoms with Gasteiger partial charge in [0.25, 0.3) is 5.91 Å². The Hall–Kier alpha value is -3.38. The van der Waals surface area contributed by atoms with Crippen LogP contribution in [0.15, 0.2) is 87.9 Å². The largest absolute Gasteiger partial charge is 0.495 e. The second kappa shape index (κ2) is 8.32. The summed E-state index contributed by atoms with van der Waals surface area (Å²) < 4.78 is 12.2. The number of hydrogen-bond acceptors (Lipinski definition) is 4. The van der Waals surface area contributed by atoms with Gasteiger partial charge < -0.3 is 14.5 Å². The first-order valence-corrected chi connectivity index (χ1v) is 9.70. The fourth-order valence-corrected chi connectivity index (χ4v) is 3.38. The van der Waals surface area contributed by atoms with Gasteiger partial charge in [-0.1, -0.05) is 52.3 Å². The Morgan fingerprint density at radius 3 is 2.66 bits per heavy atom. The SMILES string of the molecule is COc1ccccc1NC(=O)c1ccccc1-c1ncc(-c2cccc(Br)c2)o1. The molecule has 1 N–H and O–H groups in total. The molecule has 0 radical (unpaired) electrons. The average molecular weight is 449 g/mol. The topological polar surface area (TPSA) is 64.4 Å². The minimum atomic E-state index is -0.271. The number of halogens is 1. The number of nitrogens with zero attached hydrogens (tertiary/aromatic N) is 1. The van der Waals surface area contributed by atoms with Crippen LogP contribution in [0.1, 0.15) is 10.4 Å². The molecule has 0 saturated carbocycles. The van der Waals surface area contributed by atoms with Crippen molar-refractivity contribution in [2.45, 2.75) is 0 Å². The predicted molar refractivity (Wildman–Crippen MR) is 116 cm³/mol. The van der Waals surface area contributed by atoms with Crippen LogP contribution in [0.2, 0.25) is 0 Å². The summed E-state index contributed by atoms with van der Waals surface area (Å²) in [5.74, 6) is 1.32. The minimum absolute atomic E-state index is 0.271. The molecule has 6 heteroatoms. The molecule has 3 aromatic carbocycles. The first kappa shape index (κ1) is 19.0. The van der Waals surface area contributed by atoms with Crippen LogP contribution in [-0.2, 0) is 0 Å². The van der Waals surface area contributed by atoms with E-state index in [0.717, 1.165) is 10.0 Å². The van der Waals surface area contributed by atoms with Crippen molar-refractivity contribution in [2.24, 2.45) is 0 Å². The van der Waals surface area contributed by atoms with E-state index < -0.39 is 0 Å². The van der Waals surface area contributed by atoms with Gasteiger partial charge in [-0.2, -0.15) is 0 Å². The van der Waals surface area contributed by atoms with Crippen LogP contribution in [0.25, 0.3) is 22.8 Å². The molecular weight excluding hydrogens is 432 g/mol. The summed E-state index contributed by atoms with van der Waals surface area (Å²) in [7, 11) is 1.56. The molecular formula is C23H17BrN2O3. The Labute approximate surface area is 176 Å². The summed E-state index contributed by atoms with van der Waals surface area (Å²) in [6, 6.07) is 22.2. The molecule has 0 aliphatic rings. The Morgan fingerprint density at radius 2 is 1.83 bits per heavy atom. The molecule has 0 unspecified atom stereocenters. The van der Waals surface area contributed by atoms with Gasteiger partial charge in [-0.3, -0.25) is 4.79 Å². The van der Waals surface area contributed by atoms with E-state index in [0.29, 0.717) is 34.2 Å². The van der Waals surface area contributed by atoms with Crippen molar-refractivity contribution in [1.29, 1.82) is 0 Å². The molecule has 0 fully saturated rings. The maximum atomic E-state index is 13.0. The lowest BCUT2D eigenvalue weighted by Crippen LogP contribution is -2.13. The predicted octanol–water partition coefficient (Wildman–Crippen LogP) is 6.03. The number of anilines is 1. The van der Waals surface area contributed by atoms with Crippen molar-refractivity contribution in [3.05, 3.63) is 89.0 Å². The first-order chi connectivity index (χ1) is 14.2. The normalized spacial score (nSPS) is 10.6. The third-order valence-corrected chi connectivity index (χ3v) is 4.87. The highest BCUT2D eigenvalue weighted by Gasteiger charge is 2.18. The highest BCUT2D eigenvalue weighted by molar-refractivity contribution is 9.10. The van der Waals surface area contributed by atoms with E-state index in [9.17, 15) is 4.79 Å². The van der Waals surface area contributed by atoms with Crippen molar-refractivity contribution >= 4 is 27.5 Å². The van der Waals surface area contributed by atoms with Gasteiger partial charge in [0.15, 0.2) is 5.76 Å². The number of methoxy groups -OCH3 is 1. The summed E-state index contributed by atoms with van der Waals surface area (Å²) in [6.45, 7) is 0. The quantitative estimate of drug-likeness (QED) is 0.404. The molecule has 29 heavy (non-hydrogen) atoms. The molecule has 144 valence electrons. The zero-order chi connectivity index (χ0) is 20.2. The molecule has 0 spiro atoms. The number of ether oxygens (including phenoxy) is 1. The number of rotatable bonds is 5. The van der Waals surface area contributed by atoms with Gasteiger partial charge in [0.1, 0.15) is 5.75 Å². The molecule has 4 rings (SSSR count). The molecule has 0 aliphatic heterocycles. The summed E-state index contributed by atoms with van der Waals surface area (Å²) in [6.07, 6.45) is 1.66. The number of para-hydroxylation sites is 2. The van der Waals surface area contributed by atoms with Crippen LogP contribution >= 0.6 is 15.9 Å². The summed E-state index contributed by atoms with van der Waals surface area (Å²) in [5.41, 5.74) is 2.56. The van der Waals surface area contributed by atoms with Gasteiger partial charge in [0.05, 0.1) is 24.6 Å². The van der Waals surface area contributed by atoms with Crippen LogP contribution in [0.5, 0.6) is 5.75 Å². The molecule has 5 nitrogen and oxygen atoms in total. The second-order valence-corrected chi connectivity index (χ2v) is 7.16. The molecule has 1 aromatic heterocycles. The number of benzene rings is 3. The molecule has 0 atom stereocenters. The molecule has 4 aromatic rings. The van der Waals surface area contributed by atoms with E-state index in [4.69, 9.17) is 9.15 Å². The fourth-order valence-electron chi connectivity index (χ4n) is 2.98. The number of aromatic nitrogens is 1. The van der Waals surface area contributed by atoms with Crippen molar-refractivity contribution < 1.29 is 13.9 Å². The van der Waals surface area contributed by atoms with Gasteiger partial charge in [0.2, 0.25) is 5.89 Å². The van der Waals surface area contributed by atoms with E-state index in [1.165, 1.54) is 0 Å². The Bertz CT molecular complexity index is 1170. The summed E-state index contributed by atoms with van der Waals surface area (Å²) in [5, 5.41) is 2.89. The van der Waals surface area contributed by atoms with Gasteiger partial charge in [-0.15, -0.1) is 0 Å². The van der Waals surface area contributed by atoms with Crippen molar-refractivity contribution in [2.75, 3.05) is 12.4 Å². The standard InChI is InChI=1S/C23H17BrN2O3/c1-28-20-12-5-4-11-19(20)26-22(27)17-9-2-3-10-18(17)23-25-14-21(29-23)15-7-6-8-16(24)13-15/h2-14H,1H3,(H,26,27). The van der Waals surface area contributed by atoms with E-state index in [1.807, 2.05) is 48.5 Å². The second-order valence-electron chi connectivity index (χ2n) is 6.24. The zero-order valence-electron chi connectivity index (χ0n) is 15.6. The van der Waals surface area contributed by atoms with Gasteiger partial charge in [-0.05, 0) is 36.4 Å². The van der Waals surface area contributed by atoms with E-state index >= 15 is 0 Å². The number of oxazole rings is 1. The lowest BCUT2D eigenvalue weighted by Gasteiger charge is -2.11. The van der Waals surface area contributed by atoms with Crippen LogP contribution < -0.4 is 10.1 Å². The zero-order valence-corrected chi connectivity index (χ0v) is 17.1. The highest BCUT2D eigenvalue weighted by Crippen LogP contribution is 2.30. The molecule has 0 saturated heterocycles. The average Bonchev–Trinajstić information content (AvgIpc) is 3.24. The molecule has 1 amide bonds. The Kier molecular flexibility index (Phi) is 5.44. The smallest absolute Gasteiger partial charge is 0.256 e. The van der Waals surface area contributed by atoms with E-state index in [1.54, 1.807) is 37.6 Å². The summed E-state index contributed by atoms with van der Waals surface area (Å²) in [4.78, 5) is 17.3. The minimum Gasteiger partial charge on any atom is -0.495 e. The maximum Gasteiger partial charge on any atom is 0.256 e. The lowest BCUT2D eigenvalue weighted by molar-refractivity contribution is 0.102. The van der Waals surface area contributed by atoms with Crippen molar-refractivity contribution in [3.63, 3.8) is 0 Å². The number of amides is 1. The van der Waals surface area contributed by atoms with Gasteiger partial charge in [0, 0.05) is 15.6 Å².